The maximum absolute atomic E-state index is 12.5. The number of thioether (sulfide) groups is 1. The molecule has 0 spiro atoms. The molecule has 152 valence electrons. The number of nitrogens with two attached hydrogens (primary N) is 2. The highest BCUT2D eigenvalue weighted by molar-refractivity contribution is 8.14. The van der Waals surface area contributed by atoms with Gasteiger partial charge in [-0.1, -0.05) is 23.9 Å². The summed E-state index contributed by atoms with van der Waals surface area (Å²) < 4.78 is 0. The zero-order valence-electron chi connectivity index (χ0n) is 15.9. The number of amides is 1. The van der Waals surface area contributed by atoms with Crippen LogP contribution in [0.4, 0.5) is 11.6 Å². The third-order valence-corrected chi connectivity index (χ3v) is 5.16. The molecule has 7 N–H and O–H groups in total. The van der Waals surface area contributed by atoms with Gasteiger partial charge in [-0.2, -0.15) is 0 Å². The molecule has 1 aliphatic rings. The number of nitrogens with one attached hydrogen (secondary N) is 3. The summed E-state index contributed by atoms with van der Waals surface area (Å²) in [6.45, 7) is 1.99. The number of rotatable bonds is 8. The lowest BCUT2D eigenvalue weighted by Gasteiger charge is -2.14. The van der Waals surface area contributed by atoms with E-state index < -0.39 is 0 Å². The minimum absolute atomic E-state index is 0.145. The number of nitrogen functional groups attached to an aromatic ring is 1. The number of carbonyl (C=O) groups excluding carboxylic acids is 1. The second-order valence-electron chi connectivity index (χ2n) is 6.35. The maximum Gasteiger partial charge on any atom is 0.257 e. The average Bonchev–Trinajstić information content (AvgIpc) is 3.24. The Bertz CT molecular complexity index is 930. The summed E-state index contributed by atoms with van der Waals surface area (Å²) in [6.07, 6.45) is 3.13. The maximum atomic E-state index is 12.5. The first-order valence-corrected chi connectivity index (χ1v) is 10.3. The van der Waals surface area contributed by atoms with Crippen LogP contribution < -0.4 is 22.1 Å². The van der Waals surface area contributed by atoms with Crippen molar-refractivity contribution in [3.8, 4) is 0 Å². The highest BCUT2D eigenvalue weighted by atomic mass is 32.2. The number of hydrogen-bond donors (Lipinski definition) is 5. The molecule has 2 heterocycles. The van der Waals surface area contributed by atoms with Gasteiger partial charge in [-0.25, -0.2) is 9.97 Å². The van der Waals surface area contributed by atoms with Crippen LogP contribution >= 0.6 is 11.8 Å². The van der Waals surface area contributed by atoms with Crippen molar-refractivity contribution in [1.82, 2.24) is 15.3 Å². The zero-order chi connectivity index (χ0) is 20.6. The molecule has 0 radical (unpaired) electrons. The summed E-state index contributed by atoms with van der Waals surface area (Å²) in [5.41, 5.74) is 13.1. The Morgan fingerprint density at radius 2 is 2.07 bits per heavy atom. The Hall–Kier alpha value is -2.98. The number of hydrogen-bond acceptors (Lipinski definition) is 9. The minimum Gasteiger partial charge on any atom is -0.383 e. The fourth-order valence-corrected chi connectivity index (χ4v) is 3.52. The smallest absolute Gasteiger partial charge is 0.257 e. The van der Waals surface area contributed by atoms with E-state index in [-0.39, 0.29) is 17.4 Å². The monoisotopic (exact) mass is 412 g/mol. The predicted molar refractivity (Wildman–Crippen MR) is 118 cm³/mol. The number of carbonyl (C=O) groups is 1. The van der Waals surface area contributed by atoms with Crippen molar-refractivity contribution in [3.63, 3.8) is 0 Å². The summed E-state index contributed by atoms with van der Waals surface area (Å²) in [5, 5.41) is 15.3. The number of amidine groups is 1. The van der Waals surface area contributed by atoms with Crippen LogP contribution in [0.5, 0.6) is 0 Å². The summed E-state index contributed by atoms with van der Waals surface area (Å²) in [4.78, 5) is 25.0. The molecule has 1 aromatic carbocycles. The normalized spacial score (nSPS) is 13.1. The number of benzene rings is 1. The third kappa shape index (κ3) is 5.30. The molecule has 0 unspecified atom stereocenters. The van der Waals surface area contributed by atoms with Gasteiger partial charge in [0.2, 0.25) is 0 Å². The van der Waals surface area contributed by atoms with E-state index in [1.807, 2.05) is 0 Å². The number of nitrogens with zero attached hydrogens (tertiary/aromatic N) is 3. The van der Waals surface area contributed by atoms with Gasteiger partial charge in [-0.3, -0.25) is 15.2 Å². The first-order valence-electron chi connectivity index (χ1n) is 9.32. The standard InChI is InChI=1S/C19H24N8OS/c20-6-1-2-7-23-17-14(16(22)25-11-26-17)15(21)12-4-3-5-13(10-12)18(28)27-19-24-8-9-29-19/h3-5,10-11,21H,1-2,6-9,20H2,(H,24,27,28)(H3,22,23,25,26). The molecule has 0 saturated carbocycles. The van der Waals surface area contributed by atoms with Gasteiger partial charge in [0, 0.05) is 23.4 Å². The Balaban J connectivity index is 1.80. The van der Waals surface area contributed by atoms with Crippen molar-refractivity contribution in [2.75, 3.05) is 36.4 Å². The quantitative estimate of drug-likeness (QED) is 0.325. The molecule has 0 saturated heterocycles. The number of anilines is 2. The van der Waals surface area contributed by atoms with E-state index in [0.717, 1.165) is 18.6 Å². The van der Waals surface area contributed by atoms with E-state index in [1.54, 1.807) is 24.3 Å². The average molecular weight is 413 g/mol. The van der Waals surface area contributed by atoms with E-state index >= 15 is 0 Å². The molecule has 0 aliphatic carbocycles. The van der Waals surface area contributed by atoms with Crippen molar-refractivity contribution in [1.29, 1.82) is 5.41 Å². The summed E-state index contributed by atoms with van der Waals surface area (Å²) in [7, 11) is 0. The van der Waals surface area contributed by atoms with Gasteiger partial charge in [0.05, 0.1) is 17.8 Å². The van der Waals surface area contributed by atoms with Crippen molar-refractivity contribution >= 4 is 40.2 Å². The highest BCUT2D eigenvalue weighted by Gasteiger charge is 2.18. The van der Waals surface area contributed by atoms with Crippen molar-refractivity contribution in [2.24, 2.45) is 10.7 Å². The Morgan fingerprint density at radius 1 is 1.24 bits per heavy atom. The SMILES string of the molecule is N=C(c1cccc(C(=O)NC2=NCCS2)c1)c1c(N)ncnc1NCCCCN. The zero-order valence-corrected chi connectivity index (χ0v) is 16.8. The van der Waals surface area contributed by atoms with Crippen LogP contribution in [-0.2, 0) is 0 Å². The van der Waals surface area contributed by atoms with Crippen LogP contribution in [0.3, 0.4) is 0 Å². The fraction of sp³-hybridized carbons (Fsp3) is 0.316. The van der Waals surface area contributed by atoms with E-state index in [9.17, 15) is 4.79 Å². The summed E-state index contributed by atoms with van der Waals surface area (Å²) in [5.74, 6) is 1.31. The topological polar surface area (TPSA) is 155 Å². The number of aromatic nitrogens is 2. The first kappa shape index (κ1) is 20.7. The fourth-order valence-electron chi connectivity index (χ4n) is 2.80. The van der Waals surface area contributed by atoms with Gasteiger partial charge in [-0.05, 0) is 31.5 Å². The van der Waals surface area contributed by atoms with E-state index in [4.69, 9.17) is 16.9 Å². The molecule has 2 aromatic rings. The van der Waals surface area contributed by atoms with Crippen LogP contribution in [-0.4, -0.2) is 52.1 Å². The lowest BCUT2D eigenvalue weighted by molar-refractivity contribution is 0.0978. The molecule has 9 nitrogen and oxygen atoms in total. The lowest BCUT2D eigenvalue weighted by Crippen LogP contribution is -2.27. The highest BCUT2D eigenvalue weighted by Crippen LogP contribution is 2.22. The minimum atomic E-state index is -0.259. The van der Waals surface area contributed by atoms with Crippen LogP contribution in [0.25, 0.3) is 0 Å². The molecular weight excluding hydrogens is 388 g/mol. The molecule has 1 aliphatic heterocycles. The second kappa shape index (κ2) is 9.99. The molecule has 0 fully saturated rings. The van der Waals surface area contributed by atoms with Gasteiger partial charge >= 0.3 is 0 Å². The van der Waals surface area contributed by atoms with Crippen molar-refractivity contribution in [3.05, 3.63) is 47.3 Å². The molecule has 3 rings (SSSR count). The molecule has 1 amide bonds. The van der Waals surface area contributed by atoms with Gasteiger partial charge in [0.25, 0.3) is 5.91 Å². The van der Waals surface area contributed by atoms with Crippen molar-refractivity contribution in [2.45, 2.75) is 12.8 Å². The third-order valence-electron chi connectivity index (χ3n) is 4.27. The molecule has 1 aromatic heterocycles. The predicted octanol–water partition coefficient (Wildman–Crippen LogP) is 1.46. The second-order valence-corrected chi connectivity index (χ2v) is 7.43. The van der Waals surface area contributed by atoms with E-state index in [1.165, 1.54) is 18.1 Å². The summed E-state index contributed by atoms with van der Waals surface area (Å²) >= 11 is 1.51. The molecular formula is C19H24N8OS. The van der Waals surface area contributed by atoms with E-state index in [2.05, 4.69) is 25.6 Å². The molecule has 29 heavy (non-hydrogen) atoms. The summed E-state index contributed by atoms with van der Waals surface area (Å²) in [6, 6.07) is 6.84. The lowest BCUT2D eigenvalue weighted by atomic mass is 10.0. The van der Waals surface area contributed by atoms with Crippen LogP contribution in [0.15, 0.2) is 35.6 Å². The first-order chi connectivity index (χ1) is 14.1. The van der Waals surface area contributed by atoms with Gasteiger partial charge in [0.15, 0.2) is 5.17 Å². The van der Waals surface area contributed by atoms with Crippen molar-refractivity contribution < 1.29 is 4.79 Å². The molecule has 0 bridgehead atoms. The van der Waals surface area contributed by atoms with Gasteiger partial charge in [-0.15, -0.1) is 0 Å². The van der Waals surface area contributed by atoms with Gasteiger partial charge < -0.3 is 22.1 Å². The van der Waals surface area contributed by atoms with Crippen LogP contribution in [0, 0.1) is 5.41 Å². The Labute approximate surface area is 173 Å². The number of aliphatic imine (C=N–C) groups is 1. The molecule has 0 atom stereocenters. The number of unbranched alkanes of at least 4 members (excludes halogenated alkanes) is 1. The Morgan fingerprint density at radius 3 is 2.83 bits per heavy atom. The van der Waals surface area contributed by atoms with E-state index in [0.29, 0.717) is 47.3 Å². The largest absolute Gasteiger partial charge is 0.383 e. The van der Waals surface area contributed by atoms with Crippen LogP contribution in [0.2, 0.25) is 0 Å². The van der Waals surface area contributed by atoms with Gasteiger partial charge in [0.1, 0.15) is 18.0 Å². The Kier molecular flexibility index (Phi) is 7.14. The molecule has 10 heteroatoms. The van der Waals surface area contributed by atoms with Crippen LogP contribution in [0.1, 0.15) is 34.3 Å².